The molecule has 24 heavy (non-hydrogen) atoms. The number of hydrogen-bond donors (Lipinski definition) is 2. The maximum absolute atomic E-state index is 12.2. The van der Waals surface area contributed by atoms with E-state index in [9.17, 15) is 9.59 Å². The Morgan fingerprint density at radius 2 is 1.83 bits per heavy atom. The van der Waals surface area contributed by atoms with E-state index >= 15 is 0 Å². The van der Waals surface area contributed by atoms with Crippen LogP contribution in [0.5, 0.6) is 0 Å². The molecule has 0 aliphatic carbocycles. The Balaban J connectivity index is 1.94. The number of aromatic nitrogens is 3. The molecule has 0 unspecified atom stereocenters. The molecule has 0 bridgehead atoms. The molecule has 120 valence electrons. The molecule has 0 aliphatic rings. The summed E-state index contributed by atoms with van der Waals surface area (Å²) in [6.07, 6.45) is 0. The lowest BCUT2D eigenvalue weighted by molar-refractivity contribution is 0.102. The molecule has 0 saturated carbocycles. The molecule has 3 aromatic rings. The van der Waals surface area contributed by atoms with E-state index in [4.69, 9.17) is 0 Å². The van der Waals surface area contributed by atoms with E-state index in [2.05, 4.69) is 20.5 Å². The van der Waals surface area contributed by atoms with Crippen molar-refractivity contribution in [3.63, 3.8) is 0 Å². The number of aromatic amines is 1. The molecule has 0 atom stereocenters. The molecular formula is C18H16N4O2. The summed E-state index contributed by atoms with van der Waals surface area (Å²) in [5, 5.41) is 8.68. The highest BCUT2D eigenvalue weighted by Crippen LogP contribution is 2.27. The van der Waals surface area contributed by atoms with E-state index in [0.717, 1.165) is 22.4 Å². The van der Waals surface area contributed by atoms with Crippen LogP contribution in [-0.2, 0) is 0 Å². The first-order valence-electron chi connectivity index (χ1n) is 7.45. The summed E-state index contributed by atoms with van der Waals surface area (Å²) in [5.41, 5.74) is 3.71. The topological polar surface area (TPSA) is 87.7 Å². The van der Waals surface area contributed by atoms with E-state index in [1.807, 2.05) is 50.2 Å². The number of amides is 1. The van der Waals surface area contributed by atoms with Crippen molar-refractivity contribution in [1.29, 1.82) is 0 Å². The predicted octanol–water partition coefficient (Wildman–Crippen LogP) is 2.70. The standard InChI is InChI=1S/C18H16N4O2/c1-11-12(2)19-16(10-14(11)13-6-4-3-5-7-13)20-18(24)15-8-9-17(23)22-21-15/h3-10H,1-2H3,(H,22,23)(H,19,20,24). The predicted molar refractivity (Wildman–Crippen MR) is 92.0 cm³/mol. The van der Waals surface area contributed by atoms with Gasteiger partial charge in [-0.1, -0.05) is 30.3 Å². The van der Waals surface area contributed by atoms with Gasteiger partial charge in [0.25, 0.3) is 11.5 Å². The van der Waals surface area contributed by atoms with E-state index in [0.29, 0.717) is 5.82 Å². The van der Waals surface area contributed by atoms with Crippen LogP contribution in [-0.4, -0.2) is 21.1 Å². The smallest absolute Gasteiger partial charge is 0.277 e. The second kappa shape index (κ2) is 6.45. The van der Waals surface area contributed by atoms with Crippen LogP contribution in [0.1, 0.15) is 21.7 Å². The first-order valence-corrected chi connectivity index (χ1v) is 7.45. The van der Waals surface area contributed by atoms with E-state index in [-0.39, 0.29) is 11.3 Å². The third-order valence-corrected chi connectivity index (χ3v) is 3.75. The van der Waals surface area contributed by atoms with Crippen LogP contribution in [0.4, 0.5) is 5.82 Å². The summed E-state index contributed by atoms with van der Waals surface area (Å²) < 4.78 is 0. The van der Waals surface area contributed by atoms with Gasteiger partial charge in [0.15, 0.2) is 0 Å². The molecule has 0 radical (unpaired) electrons. The molecule has 2 heterocycles. The SMILES string of the molecule is Cc1nc(NC(=O)c2ccc(=O)[nH]n2)cc(-c2ccccc2)c1C. The van der Waals surface area contributed by atoms with Gasteiger partial charge in [0.2, 0.25) is 0 Å². The molecule has 0 spiro atoms. The number of anilines is 1. The summed E-state index contributed by atoms with van der Waals surface area (Å²) in [6.45, 7) is 3.90. The molecule has 1 aromatic carbocycles. The second-order valence-corrected chi connectivity index (χ2v) is 5.39. The molecule has 0 fully saturated rings. The maximum atomic E-state index is 12.2. The highest BCUT2D eigenvalue weighted by molar-refractivity contribution is 6.02. The van der Waals surface area contributed by atoms with E-state index < -0.39 is 5.91 Å². The fraction of sp³-hybridized carbons (Fsp3) is 0.111. The van der Waals surface area contributed by atoms with Crippen molar-refractivity contribution in [2.75, 3.05) is 5.32 Å². The zero-order valence-corrected chi connectivity index (χ0v) is 13.3. The number of rotatable bonds is 3. The van der Waals surface area contributed by atoms with E-state index in [1.165, 1.54) is 12.1 Å². The second-order valence-electron chi connectivity index (χ2n) is 5.39. The van der Waals surface area contributed by atoms with Crippen molar-refractivity contribution in [2.24, 2.45) is 0 Å². The summed E-state index contributed by atoms with van der Waals surface area (Å²) >= 11 is 0. The molecular weight excluding hydrogens is 304 g/mol. The lowest BCUT2D eigenvalue weighted by Crippen LogP contribution is -2.18. The quantitative estimate of drug-likeness (QED) is 0.776. The minimum Gasteiger partial charge on any atom is -0.305 e. The van der Waals surface area contributed by atoms with Crippen LogP contribution < -0.4 is 10.9 Å². The zero-order chi connectivity index (χ0) is 17.1. The van der Waals surface area contributed by atoms with Gasteiger partial charge in [-0.3, -0.25) is 9.59 Å². The Morgan fingerprint density at radius 3 is 2.50 bits per heavy atom. The van der Waals surface area contributed by atoms with E-state index in [1.54, 1.807) is 0 Å². The van der Waals surface area contributed by atoms with Gasteiger partial charge < -0.3 is 5.32 Å². The summed E-state index contributed by atoms with van der Waals surface area (Å²) in [6, 6.07) is 14.4. The number of carbonyl (C=O) groups is 1. The molecule has 6 heteroatoms. The highest BCUT2D eigenvalue weighted by atomic mass is 16.2. The maximum Gasteiger partial charge on any atom is 0.277 e. The molecule has 0 aliphatic heterocycles. The number of pyridine rings is 1. The molecule has 1 amide bonds. The number of H-pyrrole nitrogens is 1. The third kappa shape index (κ3) is 3.22. The summed E-state index contributed by atoms with van der Waals surface area (Å²) in [4.78, 5) is 27.7. The van der Waals surface area contributed by atoms with Crippen LogP contribution in [0.15, 0.2) is 53.3 Å². The van der Waals surface area contributed by atoms with Crippen molar-refractivity contribution in [1.82, 2.24) is 15.2 Å². The van der Waals surface area contributed by atoms with Gasteiger partial charge in [0.1, 0.15) is 11.5 Å². The van der Waals surface area contributed by atoms with Gasteiger partial charge >= 0.3 is 0 Å². The normalized spacial score (nSPS) is 10.4. The third-order valence-electron chi connectivity index (χ3n) is 3.75. The Bertz CT molecular complexity index is 928. The van der Waals surface area contributed by atoms with Gasteiger partial charge in [-0.25, -0.2) is 10.1 Å². The Morgan fingerprint density at radius 1 is 1.08 bits per heavy atom. The van der Waals surface area contributed by atoms with Crippen LogP contribution in [0.25, 0.3) is 11.1 Å². The van der Waals surface area contributed by atoms with Gasteiger partial charge in [-0.05, 0) is 42.7 Å². The van der Waals surface area contributed by atoms with Crippen molar-refractivity contribution >= 4 is 11.7 Å². The first kappa shape index (κ1) is 15.6. The lowest BCUT2D eigenvalue weighted by atomic mass is 10.0. The highest BCUT2D eigenvalue weighted by Gasteiger charge is 2.12. The largest absolute Gasteiger partial charge is 0.305 e. The average molecular weight is 320 g/mol. The molecule has 2 N–H and O–H groups in total. The van der Waals surface area contributed by atoms with Crippen LogP contribution in [0.3, 0.4) is 0 Å². The Kier molecular flexibility index (Phi) is 4.20. The average Bonchev–Trinajstić information content (AvgIpc) is 2.59. The van der Waals surface area contributed by atoms with Crippen molar-refractivity contribution in [2.45, 2.75) is 13.8 Å². The molecule has 0 saturated heterocycles. The summed E-state index contributed by atoms with van der Waals surface area (Å²) in [5.74, 6) is 0.0102. The summed E-state index contributed by atoms with van der Waals surface area (Å²) in [7, 11) is 0. The fourth-order valence-electron chi connectivity index (χ4n) is 2.37. The number of benzene rings is 1. The zero-order valence-electron chi connectivity index (χ0n) is 13.3. The molecule has 2 aromatic heterocycles. The van der Waals surface area contributed by atoms with Crippen LogP contribution >= 0.6 is 0 Å². The molecule has 3 rings (SSSR count). The monoisotopic (exact) mass is 320 g/mol. The number of hydrogen-bond acceptors (Lipinski definition) is 4. The van der Waals surface area contributed by atoms with Gasteiger partial charge in [-0.2, -0.15) is 5.10 Å². The fourth-order valence-corrected chi connectivity index (χ4v) is 2.37. The lowest BCUT2D eigenvalue weighted by Gasteiger charge is -2.12. The van der Waals surface area contributed by atoms with Gasteiger partial charge in [0, 0.05) is 11.8 Å². The van der Waals surface area contributed by atoms with Crippen molar-refractivity contribution in [3.05, 3.63) is 75.8 Å². The Labute approximate surface area is 138 Å². The van der Waals surface area contributed by atoms with Crippen LogP contribution in [0, 0.1) is 13.8 Å². The number of carbonyl (C=O) groups excluding carboxylic acids is 1. The minimum atomic E-state index is -0.430. The van der Waals surface area contributed by atoms with Gasteiger partial charge in [-0.15, -0.1) is 0 Å². The number of aryl methyl sites for hydroxylation is 1. The Hall–Kier alpha value is -3.28. The number of nitrogens with zero attached hydrogens (tertiary/aromatic N) is 2. The van der Waals surface area contributed by atoms with Crippen LogP contribution in [0.2, 0.25) is 0 Å². The van der Waals surface area contributed by atoms with Crippen molar-refractivity contribution < 1.29 is 4.79 Å². The van der Waals surface area contributed by atoms with Crippen molar-refractivity contribution in [3.8, 4) is 11.1 Å². The molecule has 6 nitrogen and oxygen atoms in total. The first-order chi connectivity index (χ1) is 11.5. The minimum absolute atomic E-state index is 0.121. The van der Waals surface area contributed by atoms with Gasteiger partial charge in [0.05, 0.1) is 0 Å². The number of nitrogens with one attached hydrogen (secondary N) is 2.